The van der Waals surface area contributed by atoms with Gasteiger partial charge in [0.15, 0.2) is 0 Å². The lowest BCUT2D eigenvalue weighted by Gasteiger charge is -2.30. The number of carbonyl (C=O) groups excluding carboxylic acids is 2. The van der Waals surface area contributed by atoms with E-state index in [9.17, 15) is 9.59 Å². The second kappa shape index (κ2) is 5.20. The number of likely N-dealkylation sites (tertiary alicyclic amines) is 1. The number of rotatable bonds is 2. The third-order valence-corrected chi connectivity index (χ3v) is 3.24. The molecular weight excluding hydrogens is 234 g/mol. The van der Waals surface area contributed by atoms with Crippen molar-refractivity contribution in [3.05, 3.63) is 17.5 Å². The minimum Gasteiger partial charge on any atom is -0.469 e. The van der Waals surface area contributed by atoms with E-state index in [1.54, 1.807) is 11.0 Å². The van der Waals surface area contributed by atoms with Gasteiger partial charge in [-0.15, -0.1) is 0 Å². The number of amides is 1. The second-order valence-corrected chi connectivity index (χ2v) is 4.53. The lowest BCUT2D eigenvalue weighted by molar-refractivity contribution is -0.146. The third kappa shape index (κ3) is 2.52. The molecule has 1 fully saturated rings. The first-order chi connectivity index (χ1) is 8.61. The fraction of sp³-hybridized carbons (Fsp3) is 0.583. The number of aromatic amines is 1. The molecule has 0 spiro atoms. The average molecular weight is 251 g/mol. The summed E-state index contributed by atoms with van der Waals surface area (Å²) in [6.45, 7) is 3.00. The Hall–Kier alpha value is -1.85. The molecule has 1 amide bonds. The van der Waals surface area contributed by atoms with Crippen LogP contribution in [0, 0.1) is 12.8 Å². The van der Waals surface area contributed by atoms with Crippen molar-refractivity contribution >= 4 is 11.9 Å². The molecule has 1 aliphatic rings. The van der Waals surface area contributed by atoms with Gasteiger partial charge in [-0.1, -0.05) is 0 Å². The van der Waals surface area contributed by atoms with E-state index in [4.69, 9.17) is 4.74 Å². The number of piperidine rings is 1. The zero-order chi connectivity index (χ0) is 13.1. The molecule has 1 aliphatic heterocycles. The van der Waals surface area contributed by atoms with E-state index in [0.717, 1.165) is 5.69 Å². The number of methoxy groups -OCH3 is 1. The highest BCUT2D eigenvalue weighted by atomic mass is 16.5. The Balaban J connectivity index is 1.94. The molecule has 0 radical (unpaired) electrons. The number of H-pyrrole nitrogens is 1. The molecule has 1 N–H and O–H groups in total. The van der Waals surface area contributed by atoms with Crippen molar-refractivity contribution in [2.75, 3.05) is 20.2 Å². The Morgan fingerprint density at radius 3 is 2.61 bits per heavy atom. The van der Waals surface area contributed by atoms with E-state index in [0.29, 0.717) is 31.6 Å². The molecule has 1 saturated heterocycles. The average Bonchev–Trinajstić information content (AvgIpc) is 2.84. The van der Waals surface area contributed by atoms with Gasteiger partial charge in [-0.05, 0) is 25.8 Å². The summed E-state index contributed by atoms with van der Waals surface area (Å²) in [5.74, 6) is -0.347. The number of carbonyl (C=O) groups is 2. The Bertz CT molecular complexity index is 447. The van der Waals surface area contributed by atoms with Gasteiger partial charge in [-0.25, -0.2) is 0 Å². The maximum absolute atomic E-state index is 12.1. The molecular formula is C12H17N3O3. The molecule has 0 aliphatic carbocycles. The first-order valence-corrected chi connectivity index (χ1v) is 6.01. The molecule has 0 bridgehead atoms. The Morgan fingerprint density at radius 1 is 1.44 bits per heavy atom. The Labute approximate surface area is 105 Å². The first-order valence-electron chi connectivity index (χ1n) is 6.01. The SMILES string of the molecule is COC(=O)C1CCN(C(=O)c2cc(C)[nH]n2)CC1. The van der Waals surface area contributed by atoms with Gasteiger partial charge in [0, 0.05) is 18.8 Å². The monoisotopic (exact) mass is 251 g/mol. The maximum Gasteiger partial charge on any atom is 0.308 e. The number of nitrogens with zero attached hydrogens (tertiary/aromatic N) is 2. The predicted octanol–water partition coefficient (Wildman–Crippen LogP) is 0.743. The summed E-state index contributed by atoms with van der Waals surface area (Å²) < 4.78 is 4.71. The van der Waals surface area contributed by atoms with E-state index < -0.39 is 0 Å². The molecule has 0 saturated carbocycles. The number of hydrogen-bond donors (Lipinski definition) is 1. The van der Waals surface area contributed by atoms with Crippen molar-refractivity contribution in [3.63, 3.8) is 0 Å². The Kier molecular flexibility index (Phi) is 3.64. The molecule has 18 heavy (non-hydrogen) atoms. The second-order valence-electron chi connectivity index (χ2n) is 4.53. The van der Waals surface area contributed by atoms with Crippen LogP contribution in [0.2, 0.25) is 0 Å². The van der Waals surface area contributed by atoms with Gasteiger partial charge in [-0.2, -0.15) is 5.10 Å². The largest absolute Gasteiger partial charge is 0.469 e. The lowest BCUT2D eigenvalue weighted by atomic mass is 9.97. The summed E-state index contributed by atoms with van der Waals surface area (Å²) in [5, 5.41) is 6.71. The molecule has 6 heteroatoms. The Morgan fingerprint density at radius 2 is 2.11 bits per heavy atom. The molecule has 98 valence electrons. The van der Waals surface area contributed by atoms with Crippen LogP contribution in [0.5, 0.6) is 0 Å². The van der Waals surface area contributed by atoms with Gasteiger partial charge in [-0.3, -0.25) is 14.7 Å². The molecule has 0 atom stereocenters. The summed E-state index contributed by atoms with van der Waals surface area (Å²) in [6.07, 6.45) is 1.31. The van der Waals surface area contributed by atoms with Gasteiger partial charge in [0.25, 0.3) is 5.91 Å². The van der Waals surface area contributed by atoms with Crippen molar-refractivity contribution < 1.29 is 14.3 Å². The predicted molar refractivity (Wildman–Crippen MR) is 64.0 cm³/mol. The first kappa shape index (κ1) is 12.6. The summed E-state index contributed by atoms with van der Waals surface area (Å²) in [7, 11) is 1.40. The van der Waals surface area contributed by atoms with Crippen molar-refractivity contribution in [3.8, 4) is 0 Å². The van der Waals surface area contributed by atoms with E-state index in [1.165, 1.54) is 7.11 Å². The summed E-state index contributed by atoms with van der Waals surface area (Å²) in [4.78, 5) is 25.2. The lowest BCUT2D eigenvalue weighted by Crippen LogP contribution is -2.40. The number of ether oxygens (including phenoxy) is 1. The highest BCUT2D eigenvalue weighted by Gasteiger charge is 2.28. The molecule has 2 rings (SSSR count). The zero-order valence-electron chi connectivity index (χ0n) is 10.6. The zero-order valence-corrected chi connectivity index (χ0v) is 10.6. The molecule has 1 aromatic heterocycles. The van der Waals surface area contributed by atoms with Gasteiger partial charge in [0.2, 0.25) is 0 Å². The van der Waals surface area contributed by atoms with Crippen molar-refractivity contribution in [2.24, 2.45) is 5.92 Å². The van der Waals surface area contributed by atoms with Crippen LogP contribution in [0.25, 0.3) is 0 Å². The smallest absolute Gasteiger partial charge is 0.308 e. The van der Waals surface area contributed by atoms with E-state index in [-0.39, 0.29) is 17.8 Å². The molecule has 6 nitrogen and oxygen atoms in total. The van der Waals surface area contributed by atoms with Gasteiger partial charge < -0.3 is 9.64 Å². The summed E-state index contributed by atoms with van der Waals surface area (Å²) >= 11 is 0. The molecule has 0 aromatic carbocycles. The molecule has 1 aromatic rings. The summed E-state index contributed by atoms with van der Waals surface area (Å²) in [5.41, 5.74) is 1.30. The minimum atomic E-state index is -0.183. The van der Waals surface area contributed by atoms with Crippen molar-refractivity contribution in [1.82, 2.24) is 15.1 Å². The third-order valence-electron chi connectivity index (χ3n) is 3.24. The van der Waals surface area contributed by atoms with Gasteiger partial charge >= 0.3 is 5.97 Å². The summed E-state index contributed by atoms with van der Waals surface area (Å²) in [6, 6.07) is 1.73. The van der Waals surface area contributed by atoms with Crippen LogP contribution in [0.1, 0.15) is 29.0 Å². The van der Waals surface area contributed by atoms with Crippen LogP contribution in [-0.4, -0.2) is 47.2 Å². The topological polar surface area (TPSA) is 75.3 Å². The number of aromatic nitrogens is 2. The minimum absolute atomic E-state index is 0.0809. The maximum atomic E-state index is 12.1. The van der Waals surface area contributed by atoms with E-state index >= 15 is 0 Å². The number of esters is 1. The van der Waals surface area contributed by atoms with Gasteiger partial charge in [0.1, 0.15) is 5.69 Å². The van der Waals surface area contributed by atoms with Gasteiger partial charge in [0.05, 0.1) is 13.0 Å². The van der Waals surface area contributed by atoms with Crippen molar-refractivity contribution in [2.45, 2.75) is 19.8 Å². The quantitative estimate of drug-likeness (QED) is 0.787. The van der Waals surface area contributed by atoms with Crippen LogP contribution >= 0.6 is 0 Å². The van der Waals surface area contributed by atoms with Crippen LogP contribution in [0.15, 0.2) is 6.07 Å². The van der Waals surface area contributed by atoms with Crippen LogP contribution in [-0.2, 0) is 9.53 Å². The highest BCUT2D eigenvalue weighted by Crippen LogP contribution is 2.19. The number of aryl methyl sites for hydroxylation is 1. The van der Waals surface area contributed by atoms with E-state index in [2.05, 4.69) is 10.2 Å². The number of hydrogen-bond acceptors (Lipinski definition) is 4. The molecule has 2 heterocycles. The fourth-order valence-electron chi connectivity index (χ4n) is 2.17. The highest BCUT2D eigenvalue weighted by molar-refractivity contribution is 5.92. The molecule has 0 unspecified atom stereocenters. The standard InChI is InChI=1S/C12H17N3O3/c1-8-7-10(14-13-8)11(16)15-5-3-9(4-6-15)12(17)18-2/h7,9H,3-6H2,1-2H3,(H,13,14). The van der Waals surface area contributed by atoms with Crippen LogP contribution < -0.4 is 0 Å². The fourth-order valence-corrected chi connectivity index (χ4v) is 2.17. The van der Waals surface area contributed by atoms with Crippen molar-refractivity contribution in [1.29, 1.82) is 0 Å². The van der Waals surface area contributed by atoms with E-state index in [1.807, 2.05) is 6.92 Å². The van der Waals surface area contributed by atoms with Crippen LogP contribution in [0.3, 0.4) is 0 Å². The van der Waals surface area contributed by atoms with Crippen LogP contribution in [0.4, 0.5) is 0 Å². The number of nitrogens with one attached hydrogen (secondary N) is 1. The normalized spacial score (nSPS) is 16.7.